The van der Waals surface area contributed by atoms with Crippen molar-refractivity contribution in [2.45, 2.75) is 84.1 Å². The summed E-state index contributed by atoms with van der Waals surface area (Å²) in [6.07, 6.45) is 1.88. The van der Waals surface area contributed by atoms with Gasteiger partial charge in [0.15, 0.2) is 22.9 Å². The van der Waals surface area contributed by atoms with E-state index in [0.29, 0.717) is 18.6 Å². The van der Waals surface area contributed by atoms with Crippen molar-refractivity contribution < 1.29 is 28.3 Å². The number of rotatable bonds is 15. The van der Waals surface area contributed by atoms with E-state index in [1.807, 2.05) is 0 Å². The first kappa shape index (κ1) is 26.2. The van der Waals surface area contributed by atoms with Crippen LogP contribution in [0.5, 0.6) is 0 Å². The molecule has 0 amide bonds. The van der Waals surface area contributed by atoms with Gasteiger partial charge in [0.25, 0.3) is 0 Å². The van der Waals surface area contributed by atoms with Gasteiger partial charge in [-0.2, -0.15) is 0 Å². The van der Waals surface area contributed by atoms with Crippen LogP contribution in [0.15, 0.2) is 12.2 Å². The van der Waals surface area contributed by atoms with Gasteiger partial charge >= 0.3 is 5.97 Å². The lowest BCUT2D eigenvalue weighted by Crippen LogP contribution is -2.44. The van der Waals surface area contributed by atoms with E-state index in [2.05, 4.69) is 32.8 Å². The quantitative estimate of drug-likeness (QED) is 0.142. The topological polar surface area (TPSA) is 82.1 Å². The third-order valence-corrected chi connectivity index (χ3v) is 11.6. The second kappa shape index (κ2) is 12.6. The van der Waals surface area contributed by atoms with Crippen LogP contribution in [0.2, 0.25) is 38.3 Å². The second-order valence-electron chi connectivity index (χ2n) is 8.21. The van der Waals surface area contributed by atoms with Gasteiger partial charge in [0.2, 0.25) is 0 Å². The second-order valence-corrected chi connectivity index (χ2v) is 17.1. The molecule has 27 heavy (non-hydrogen) atoms. The zero-order valence-corrected chi connectivity index (χ0v) is 19.9. The largest absolute Gasteiger partial charge is 0.455 e. The Hall–Kier alpha value is -0.806. The number of esters is 1. The summed E-state index contributed by atoms with van der Waals surface area (Å²) in [6.45, 7) is 16.1. The maximum atomic E-state index is 11.5. The van der Waals surface area contributed by atoms with Crippen LogP contribution in [-0.4, -0.2) is 53.0 Å². The van der Waals surface area contributed by atoms with E-state index in [1.54, 1.807) is 13.8 Å². The van der Waals surface area contributed by atoms with Gasteiger partial charge in [-0.05, 0) is 65.0 Å². The molecule has 0 radical (unpaired) electrons. The van der Waals surface area contributed by atoms with Crippen LogP contribution in [0, 0.1) is 0 Å². The predicted molar refractivity (Wildman–Crippen MR) is 113 cm³/mol. The molecule has 8 heteroatoms. The fourth-order valence-corrected chi connectivity index (χ4v) is 11.7. The first-order chi connectivity index (χ1) is 12.4. The number of aliphatic hydroxyl groups is 1. The Balaban J connectivity index is 4.14. The lowest BCUT2D eigenvalue weighted by atomic mass is 10.2. The highest BCUT2D eigenvalue weighted by Crippen LogP contribution is 2.24. The van der Waals surface area contributed by atoms with Gasteiger partial charge < -0.3 is 18.7 Å². The maximum Gasteiger partial charge on any atom is 0.335 e. The van der Waals surface area contributed by atoms with E-state index in [0.717, 1.165) is 24.9 Å². The Morgan fingerprint density at radius 2 is 1.59 bits per heavy atom. The molecule has 1 N–H and O–H groups in total. The average Bonchev–Trinajstić information content (AvgIpc) is 2.50. The fourth-order valence-electron chi connectivity index (χ4n) is 2.84. The Kier molecular flexibility index (Phi) is 12.2. The Morgan fingerprint density at radius 1 is 1.04 bits per heavy atom. The first-order valence-corrected chi connectivity index (χ1v) is 15.9. The minimum Gasteiger partial charge on any atom is -0.455 e. The summed E-state index contributed by atoms with van der Waals surface area (Å²) in [4.78, 5) is 22.9. The van der Waals surface area contributed by atoms with E-state index in [-0.39, 0.29) is 18.8 Å². The minimum absolute atomic E-state index is 0.0663. The highest BCUT2D eigenvalue weighted by atomic mass is 28.4. The van der Waals surface area contributed by atoms with Crippen LogP contribution in [0.4, 0.5) is 0 Å². The highest BCUT2D eigenvalue weighted by molar-refractivity contribution is 6.84. The molecule has 0 aliphatic heterocycles. The number of aliphatic hydroxyl groups excluding tert-OH is 1. The van der Waals surface area contributed by atoms with Gasteiger partial charge in [0, 0.05) is 25.0 Å². The van der Waals surface area contributed by atoms with Crippen molar-refractivity contribution in [2.24, 2.45) is 0 Å². The molecule has 0 saturated heterocycles. The van der Waals surface area contributed by atoms with Crippen LogP contribution in [0.25, 0.3) is 0 Å². The molecule has 0 aliphatic carbocycles. The van der Waals surface area contributed by atoms with E-state index in [4.69, 9.17) is 18.7 Å². The molecule has 0 rings (SSSR count). The van der Waals surface area contributed by atoms with Crippen molar-refractivity contribution >= 4 is 28.4 Å². The molecule has 0 fully saturated rings. The molecule has 0 saturated carbocycles. The molecule has 0 aromatic carbocycles. The third-order valence-electron chi connectivity index (χ3n) is 4.07. The third kappa shape index (κ3) is 13.9. The highest BCUT2D eigenvalue weighted by Gasteiger charge is 2.32. The van der Waals surface area contributed by atoms with Crippen LogP contribution < -0.4 is 0 Å². The van der Waals surface area contributed by atoms with Gasteiger partial charge in [-0.15, -0.1) is 0 Å². The summed E-state index contributed by atoms with van der Waals surface area (Å²) in [5, 5.41) is 8.78. The number of ether oxygens (including phenoxy) is 2. The molecule has 0 aromatic rings. The van der Waals surface area contributed by atoms with Crippen LogP contribution >= 0.6 is 0 Å². The molecule has 0 aromatic heterocycles. The molecule has 1 atom stereocenters. The normalized spacial score (nSPS) is 13.3. The van der Waals surface area contributed by atoms with E-state index >= 15 is 0 Å². The zero-order valence-electron chi connectivity index (χ0n) is 17.9. The average molecular weight is 419 g/mol. The van der Waals surface area contributed by atoms with Gasteiger partial charge in [-0.25, -0.2) is 4.79 Å². The monoisotopic (exact) mass is 418 g/mol. The molecular weight excluding hydrogens is 380 g/mol. The number of carbonyl (C=O) groups is 2. The number of hydrogen-bond donors (Lipinski definition) is 1. The molecule has 0 bridgehead atoms. The van der Waals surface area contributed by atoms with Crippen molar-refractivity contribution in [3.8, 4) is 0 Å². The molecular formula is C19H38O6Si2. The van der Waals surface area contributed by atoms with Crippen molar-refractivity contribution in [1.82, 2.24) is 0 Å². The number of hydrogen-bond acceptors (Lipinski definition) is 6. The summed E-state index contributed by atoms with van der Waals surface area (Å²) in [6, 6.07) is 1.92. The lowest BCUT2D eigenvalue weighted by molar-refractivity contribution is -0.169. The molecule has 0 aliphatic rings. The van der Waals surface area contributed by atoms with E-state index < -0.39 is 28.9 Å². The SMILES string of the molecule is C=C(C)C(=O)OC(C)OCCC[Si](C)(C)O[Si](C)(C)CCCC(=O)CCO. The Labute approximate surface area is 166 Å². The summed E-state index contributed by atoms with van der Waals surface area (Å²) in [5.74, 6) is -0.316. The molecule has 158 valence electrons. The number of carbonyl (C=O) groups excluding carboxylic acids is 2. The molecule has 1 unspecified atom stereocenters. The van der Waals surface area contributed by atoms with E-state index in [9.17, 15) is 9.59 Å². The summed E-state index contributed by atoms with van der Waals surface area (Å²) in [7, 11) is -3.64. The Bertz CT molecular complexity index is 491. The summed E-state index contributed by atoms with van der Waals surface area (Å²) >= 11 is 0. The van der Waals surface area contributed by atoms with Crippen molar-refractivity contribution in [3.05, 3.63) is 12.2 Å². The summed E-state index contributed by atoms with van der Waals surface area (Å²) in [5.41, 5.74) is 0.359. The summed E-state index contributed by atoms with van der Waals surface area (Å²) < 4.78 is 17.2. The van der Waals surface area contributed by atoms with Crippen LogP contribution in [0.1, 0.15) is 39.5 Å². The zero-order chi connectivity index (χ0) is 21.1. The van der Waals surface area contributed by atoms with Crippen molar-refractivity contribution in [3.63, 3.8) is 0 Å². The van der Waals surface area contributed by atoms with Gasteiger partial charge in [0.05, 0.1) is 6.61 Å². The van der Waals surface area contributed by atoms with Gasteiger partial charge in [0.1, 0.15) is 5.78 Å². The van der Waals surface area contributed by atoms with Crippen molar-refractivity contribution in [2.75, 3.05) is 13.2 Å². The molecule has 0 spiro atoms. The molecule has 6 nitrogen and oxygen atoms in total. The minimum atomic E-state index is -1.82. The standard InChI is InChI=1S/C19H38O6Si2/c1-16(2)19(22)24-17(3)23-13-9-15-27(6,7)25-26(4,5)14-8-10-18(21)11-12-20/h17,20H,1,8-15H2,2-7H3. The van der Waals surface area contributed by atoms with Crippen molar-refractivity contribution in [1.29, 1.82) is 0 Å². The molecule has 0 heterocycles. The van der Waals surface area contributed by atoms with Gasteiger partial charge in [-0.1, -0.05) is 6.58 Å². The number of ketones is 1. The Morgan fingerprint density at radius 3 is 2.11 bits per heavy atom. The van der Waals surface area contributed by atoms with E-state index in [1.165, 1.54) is 0 Å². The maximum absolute atomic E-state index is 11.5. The number of Topliss-reactive ketones (excluding diaryl/α,β-unsaturated/α-hetero) is 1. The first-order valence-electron chi connectivity index (χ1n) is 9.69. The fraction of sp³-hybridized carbons (Fsp3) is 0.789. The predicted octanol–water partition coefficient (Wildman–Crippen LogP) is 4.02. The lowest BCUT2D eigenvalue weighted by Gasteiger charge is -2.34. The van der Waals surface area contributed by atoms with Crippen LogP contribution in [-0.2, 0) is 23.2 Å². The van der Waals surface area contributed by atoms with Gasteiger partial charge in [-0.3, -0.25) is 4.79 Å². The smallest absolute Gasteiger partial charge is 0.335 e. The van der Waals surface area contributed by atoms with Crippen LogP contribution in [0.3, 0.4) is 0 Å².